The number of benzene rings is 1. The van der Waals surface area contributed by atoms with E-state index in [2.05, 4.69) is 4.98 Å². The minimum Gasteiger partial charge on any atom is -0.388 e. The molecular weight excluding hydrogens is 475 g/mol. The van der Waals surface area contributed by atoms with Gasteiger partial charge in [0.1, 0.15) is 34.7 Å². The Hall–Kier alpha value is -3.54. The fraction of sp³-hybridized carbons (Fsp3) is 0.348. The second-order valence-electron chi connectivity index (χ2n) is 8.76. The zero-order valence-electron chi connectivity index (χ0n) is 18.7. The number of fused-ring (bicyclic) bond motifs is 1. The van der Waals surface area contributed by atoms with Gasteiger partial charge in [-0.3, -0.25) is 14.2 Å². The van der Waals surface area contributed by atoms with E-state index in [0.717, 1.165) is 29.0 Å². The number of aromatic nitrogens is 2. The molecule has 0 bridgehead atoms. The summed E-state index contributed by atoms with van der Waals surface area (Å²) in [7, 11) is 0. The van der Waals surface area contributed by atoms with Crippen molar-refractivity contribution in [2.24, 2.45) is 0 Å². The molecule has 12 heteroatoms. The molecule has 2 aromatic heterocycles. The van der Waals surface area contributed by atoms with E-state index in [-0.39, 0.29) is 17.6 Å². The van der Waals surface area contributed by atoms with Gasteiger partial charge >= 0.3 is 6.18 Å². The predicted molar refractivity (Wildman–Crippen MR) is 118 cm³/mol. The van der Waals surface area contributed by atoms with Crippen LogP contribution in [0.4, 0.5) is 27.8 Å². The molecule has 1 amide bonds. The first-order valence-electron chi connectivity index (χ1n) is 10.6. The van der Waals surface area contributed by atoms with Gasteiger partial charge < -0.3 is 15.3 Å². The highest BCUT2D eigenvalue weighted by molar-refractivity contribution is 5.97. The van der Waals surface area contributed by atoms with Crippen LogP contribution in [0.2, 0.25) is 0 Å². The van der Waals surface area contributed by atoms with Gasteiger partial charge in [0.15, 0.2) is 5.65 Å². The number of β-amino-alcohol motifs (C(OH)–C–C–N with tert-alkyl or cyclic N) is 1. The molecule has 4 rings (SSSR count). The number of rotatable bonds is 4. The second kappa shape index (κ2) is 8.59. The van der Waals surface area contributed by atoms with Crippen LogP contribution in [-0.4, -0.2) is 51.5 Å². The number of anilines is 1. The average molecular weight is 496 g/mol. The summed E-state index contributed by atoms with van der Waals surface area (Å²) in [6.07, 6.45) is -3.55. The molecule has 1 aliphatic heterocycles. The van der Waals surface area contributed by atoms with E-state index in [1.54, 1.807) is 17.1 Å². The van der Waals surface area contributed by atoms with Crippen LogP contribution in [0.15, 0.2) is 41.3 Å². The second-order valence-corrected chi connectivity index (χ2v) is 8.76. The number of pyridine rings is 2. The van der Waals surface area contributed by atoms with Crippen LogP contribution in [0.3, 0.4) is 0 Å². The summed E-state index contributed by atoms with van der Waals surface area (Å²) in [5.41, 5.74) is -3.54. The zero-order chi connectivity index (χ0) is 25.7. The Labute approximate surface area is 195 Å². The molecule has 7 nitrogen and oxygen atoms in total. The lowest BCUT2D eigenvalue weighted by Gasteiger charge is -2.21. The number of amides is 1. The van der Waals surface area contributed by atoms with Crippen LogP contribution in [0.1, 0.15) is 30.6 Å². The Morgan fingerprint density at radius 1 is 1.20 bits per heavy atom. The first-order valence-corrected chi connectivity index (χ1v) is 10.6. The SMILES string of the molecule is C[C@H](NC(=O)c1cn(-c2c(F)cccc2F)c2nc(N3CCC(C)(O)C3)ccc2c1=O)C(F)(F)F. The van der Waals surface area contributed by atoms with Crippen molar-refractivity contribution in [3.05, 3.63) is 63.9 Å². The molecule has 0 radical (unpaired) electrons. The van der Waals surface area contributed by atoms with Crippen molar-refractivity contribution < 1.29 is 31.9 Å². The van der Waals surface area contributed by atoms with Crippen LogP contribution < -0.4 is 15.6 Å². The highest BCUT2D eigenvalue weighted by Gasteiger charge is 2.38. The molecule has 2 atom stereocenters. The molecule has 3 aromatic rings. The van der Waals surface area contributed by atoms with Gasteiger partial charge in [0.25, 0.3) is 5.91 Å². The van der Waals surface area contributed by atoms with Gasteiger partial charge in [-0.1, -0.05) is 6.07 Å². The molecule has 1 aliphatic rings. The lowest BCUT2D eigenvalue weighted by molar-refractivity contribution is -0.149. The summed E-state index contributed by atoms with van der Waals surface area (Å²) in [5, 5.41) is 11.7. The van der Waals surface area contributed by atoms with Crippen molar-refractivity contribution >= 4 is 22.8 Å². The third-order valence-corrected chi connectivity index (χ3v) is 5.87. The fourth-order valence-corrected chi connectivity index (χ4v) is 3.92. The molecule has 1 saturated heterocycles. The average Bonchev–Trinajstić information content (AvgIpc) is 3.13. The normalized spacial score (nSPS) is 19.3. The Balaban J connectivity index is 1.93. The summed E-state index contributed by atoms with van der Waals surface area (Å²) in [5.74, 6) is -3.13. The van der Waals surface area contributed by atoms with Gasteiger partial charge in [0.05, 0.1) is 11.0 Å². The molecule has 1 aromatic carbocycles. The quantitative estimate of drug-likeness (QED) is 0.542. The van der Waals surface area contributed by atoms with E-state index in [0.29, 0.717) is 25.7 Å². The Morgan fingerprint density at radius 2 is 1.86 bits per heavy atom. The van der Waals surface area contributed by atoms with Gasteiger partial charge in [0, 0.05) is 19.3 Å². The number of carbonyl (C=O) groups is 1. The van der Waals surface area contributed by atoms with Crippen LogP contribution in [0.5, 0.6) is 0 Å². The van der Waals surface area contributed by atoms with Gasteiger partial charge in [-0.05, 0) is 44.5 Å². The standard InChI is InChI=1S/C23H21F5N4O3/c1-12(23(26,27)28)29-21(34)14-10-32(18-15(24)4-3-5-16(18)25)20-13(19(14)33)6-7-17(30-20)31-9-8-22(2,35)11-31/h3-7,10,12,35H,8-9,11H2,1-2H3,(H,29,34)/t12-,22?/m0/s1. The maximum atomic E-state index is 14.7. The molecule has 2 N–H and O–H groups in total. The van der Waals surface area contributed by atoms with Gasteiger partial charge in [0.2, 0.25) is 5.43 Å². The van der Waals surface area contributed by atoms with E-state index in [1.807, 2.05) is 0 Å². The smallest absolute Gasteiger partial charge is 0.388 e. The van der Waals surface area contributed by atoms with Gasteiger partial charge in [-0.25, -0.2) is 13.8 Å². The van der Waals surface area contributed by atoms with Crippen molar-refractivity contribution in [1.82, 2.24) is 14.9 Å². The summed E-state index contributed by atoms with van der Waals surface area (Å²) < 4.78 is 69.1. The largest absolute Gasteiger partial charge is 0.408 e. The number of nitrogens with one attached hydrogen (secondary N) is 1. The summed E-state index contributed by atoms with van der Waals surface area (Å²) in [6.45, 7) is 3.00. The lowest BCUT2D eigenvalue weighted by Crippen LogP contribution is -2.44. The monoisotopic (exact) mass is 496 g/mol. The number of halogens is 5. The molecule has 3 heterocycles. The molecule has 1 unspecified atom stereocenters. The van der Waals surface area contributed by atoms with Crippen LogP contribution in [0, 0.1) is 11.6 Å². The summed E-state index contributed by atoms with van der Waals surface area (Å²) in [4.78, 5) is 31.7. The van der Waals surface area contributed by atoms with Crippen molar-refractivity contribution in [3.8, 4) is 5.69 Å². The maximum absolute atomic E-state index is 14.7. The number of hydrogen-bond donors (Lipinski definition) is 2. The topological polar surface area (TPSA) is 87.5 Å². The minimum absolute atomic E-state index is 0.205. The third-order valence-electron chi connectivity index (χ3n) is 5.87. The fourth-order valence-electron chi connectivity index (χ4n) is 3.92. The van der Waals surface area contributed by atoms with Crippen LogP contribution in [-0.2, 0) is 0 Å². The molecule has 35 heavy (non-hydrogen) atoms. The molecule has 0 saturated carbocycles. The number of aliphatic hydroxyl groups is 1. The first kappa shape index (κ1) is 24.6. The highest BCUT2D eigenvalue weighted by Crippen LogP contribution is 2.28. The summed E-state index contributed by atoms with van der Waals surface area (Å²) in [6, 6.07) is 3.47. The lowest BCUT2D eigenvalue weighted by atomic mass is 10.1. The number of alkyl halides is 3. The number of hydrogen-bond acceptors (Lipinski definition) is 5. The Kier molecular flexibility index (Phi) is 6.04. The van der Waals surface area contributed by atoms with Gasteiger partial charge in [-0.2, -0.15) is 13.2 Å². The third kappa shape index (κ3) is 4.70. The first-order chi connectivity index (χ1) is 16.3. The van der Waals surface area contributed by atoms with E-state index in [9.17, 15) is 36.6 Å². The highest BCUT2D eigenvalue weighted by atomic mass is 19.4. The molecular formula is C23H21F5N4O3. The van der Waals surface area contributed by atoms with E-state index < -0.39 is 52.0 Å². The number of nitrogens with zero attached hydrogens (tertiary/aromatic N) is 3. The van der Waals surface area contributed by atoms with E-state index in [4.69, 9.17) is 0 Å². The van der Waals surface area contributed by atoms with Crippen LogP contribution in [0.25, 0.3) is 16.7 Å². The van der Waals surface area contributed by atoms with Crippen molar-refractivity contribution in [2.75, 3.05) is 18.0 Å². The zero-order valence-corrected chi connectivity index (χ0v) is 18.7. The van der Waals surface area contributed by atoms with Crippen molar-refractivity contribution in [1.29, 1.82) is 0 Å². The molecule has 0 spiro atoms. The Morgan fingerprint density at radius 3 is 2.43 bits per heavy atom. The number of carbonyl (C=O) groups excluding carboxylic acids is 1. The number of para-hydroxylation sites is 1. The van der Waals surface area contributed by atoms with Gasteiger partial charge in [-0.15, -0.1) is 0 Å². The maximum Gasteiger partial charge on any atom is 0.408 e. The van der Waals surface area contributed by atoms with E-state index >= 15 is 0 Å². The van der Waals surface area contributed by atoms with Crippen LogP contribution >= 0.6 is 0 Å². The molecule has 1 fully saturated rings. The van der Waals surface area contributed by atoms with Crippen molar-refractivity contribution in [3.63, 3.8) is 0 Å². The minimum atomic E-state index is -4.77. The van der Waals surface area contributed by atoms with Crippen molar-refractivity contribution in [2.45, 2.75) is 38.1 Å². The predicted octanol–water partition coefficient (Wildman–Crippen LogP) is 3.31. The molecule has 0 aliphatic carbocycles. The summed E-state index contributed by atoms with van der Waals surface area (Å²) >= 11 is 0. The molecule has 186 valence electrons. The van der Waals surface area contributed by atoms with E-state index in [1.165, 1.54) is 12.1 Å². The Bertz CT molecular complexity index is 1350.